The smallest absolute Gasteiger partial charge is 0.316 e. The summed E-state index contributed by atoms with van der Waals surface area (Å²) in [4.78, 5) is 8.70. The number of aryl methyl sites for hydroxylation is 1. The molecule has 0 radical (unpaired) electrons. The van der Waals surface area contributed by atoms with E-state index in [4.69, 9.17) is 18.6 Å². The molecule has 0 amide bonds. The predicted octanol–water partition coefficient (Wildman–Crippen LogP) is 5.91. The molecule has 0 aliphatic rings. The normalized spacial score (nSPS) is 12.0. The van der Waals surface area contributed by atoms with Crippen molar-refractivity contribution in [1.82, 2.24) is 5.32 Å². The number of hydrogen-bond acceptors (Lipinski definition) is 6. The average molecular weight is 511 g/mol. The lowest BCUT2D eigenvalue weighted by atomic mass is 9.96. The second-order valence-electron chi connectivity index (χ2n) is 9.11. The molecule has 1 atom stereocenters. The minimum Gasteiger partial charge on any atom is -0.493 e. The maximum atomic E-state index is 10.6. The van der Waals surface area contributed by atoms with E-state index in [1.54, 1.807) is 6.26 Å². The second-order valence-corrected chi connectivity index (χ2v) is 9.93. The standard InChI is InChI=1S/C28H35N2O5P/c1-21(2)16-24-10-8-22(17-25(24)19-29)6-3-13-34-28-11-9-23(18-26(28)27-7-4-14-33-27)20-30-12-5-15-35-36(31)32/h4,7-11,14,17-18,21,30,36H,3,5-6,12-13,15-16,20H2,1-2H3,(H,31,32). The van der Waals surface area contributed by atoms with Gasteiger partial charge in [-0.25, -0.2) is 0 Å². The minimum atomic E-state index is -2.86. The molecule has 192 valence electrons. The summed E-state index contributed by atoms with van der Waals surface area (Å²) >= 11 is 0. The van der Waals surface area contributed by atoms with Crippen molar-refractivity contribution in [2.24, 2.45) is 5.92 Å². The molecule has 7 nitrogen and oxygen atoms in total. The molecule has 36 heavy (non-hydrogen) atoms. The fourth-order valence-corrected chi connectivity index (χ4v) is 4.31. The van der Waals surface area contributed by atoms with Crippen LogP contribution in [0.3, 0.4) is 0 Å². The van der Waals surface area contributed by atoms with Gasteiger partial charge in [0.25, 0.3) is 0 Å². The maximum absolute atomic E-state index is 10.6. The number of nitrogens with zero attached hydrogens (tertiary/aromatic N) is 1. The third-order valence-electron chi connectivity index (χ3n) is 5.67. The Morgan fingerprint density at radius 3 is 2.67 bits per heavy atom. The lowest BCUT2D eigenvalue weighted by molar-refractivity contribution is 0.276. The second kappa shape index (κ2) is 14.6. The summed E-state index contributed by atoms with van der Waals surface area (Å²) in [7, 11) is -2.86. The lowest BCUT2D eigenvalue weighted by Gasteiger charge is -2.13. The van der Waals surface area contributed by atoms with E-state index in [1.807, 2.05) is 30.3 Å². The highest BCUT2D eigenvalue weighted by Gasteiger charge is 2.11. The first-order valence-corrected chi connectivity index (χ1v) is 13.6. The molecule has 0 saturated carbocycles. The number of furan rings is 1. The van der Waals surface area contributed by atoms with Crippen LogP contribution >= 0.6 is 8.25 Å². The molecule has 1 heterocycles. The van der Waals surface area contributed by atoms with E-state index >= 15 is 0 Å². The maximum Gasteiger partial charge on any atom is 0.316 e. The Kier molecular flexibility index (Phi) is 11.3. The van der Waals surface area contributed by atoms with Crippen molar-refractivity contribution in [3.8, 4) is 23.1 Å². The molecule has 0 bridgehead atoms. The molecule has 1 unspecified atom stereocenters. The summed E-state index contributed by atoms with van der Waals surface area (Å²) in [6.45, 7) is 6.45. The first kappa shape index (κ1) is 27.7. The summed E-state index contributed by atoms with van der Waals surface area (Å²) in [5, 5.41) is 12.8. The first-order chi connectivity index (χ1) is 17.5. The number of benzene rings is 2. The Balaban J connectivity index is 1.55. The van der Waals surface area contributed by atoms with Gasteiger partial charge in [0.05, 0.1) is 36.7 Å². The van der Waals surface area contributed by atoms with Crippen LogP contribution in [-0.2, 0) is 28.5 Å². The zero-order chi connectivity index (χ0) is 25.8. The average Bonchev–Trinajstić information content (AvgIpc) is 3.39. The van der Waals surface area contributed by atoms with Crippen molar-refractivity contribution in [3.05, 3.63) is 77.0 Å². The molecule has 3 aromatic rings. The molecule has 8 heteroatoms. The van der Waals surface area contributed by atoms with Gasteiger partial charge in [-0.3, -0.25) is 4.57 Å². The molecule has 0 spiro atoms. The van der Waals surface area contributed by atoms with E-state index in [2.05, 4.69) is 43.4 Å². The molecule has 0 fully saturated rings. The van der Waals surface area contributed by atoms with Crippen molar-refractivity contribution in [2.45, 2.75) is 46.1 Å². The minimum absolute atomic E-state index is 0.256. The summed E-state index contributed by atoms with van der Waals surface area (Å²) in [6.07, 6.45) is 4.88. The zero-order valence-corrected chi connectivity index (χ0v) is 22.0. The molecule has 0 saturated heterocycles. The Hall–Kier alpha value is -2.88. The Morgan fingerprint density at radius 2 is 1.94 bits per heavy atom. The van der Waals surface area contributed by atoms with Crippen molar-refractivity contribution in [3.63, 3.8) is 0 Å². The van der Waals surface area contributed by atoms with E-state index in [9.17, 15) is 9.83 Å². The molecule has 3 rings (SSSR count). The van der Waals surface area contributed by atoms with E-state index in [0.717, 1.165) is 58.6 Å². The van der Waals surface area contributed by atoms with Crippen LogP contribution < -0.4 is 10.1 Å². The highest BCUT2D eigenvalue weighted by molar-refractivity contribution is 7.32. The predicted molar refractivity (Wildman–Crippen MR) is 141 cm³/mol. The third-order valence-corrected chi connectivity index (χ3v) is 6.12. The number of hydrogen-bond donors (Lipinski definition) is 2. The topological polar surface area (TPSA) is 105 Å². The van der Waals surface area contributed by atoms with Gasteiger partial charge in [0.15, 0.2) is 0 Å². The van der Waals surface area contributed by atoms with E-state index < -0.39 is 8.25 Å². The fraction of sp³-hybridized carbons (Fsp3) is 0.393. The third kappa shape index (κ3) is 8.96. The SMILES string of the molecule is CC(C)Cc1ccc(CCCOc2ccc(CNCCCO[PH](=O)O)cc2-c2ccco2)cc1C#N. The first-order valence-electron chi connectivity index (χ1n) is 12.3. The fourth-order valence-electron chi connectivity index (χ4n) is 3.99. The molecular formula is C28H35N2O5P. The highest BCUT2D eigenvalue weighted by atomic mass is 31.1. The van der Waals surface area contributed by atoms with Crippen molar-refractivity contribution < 1.29 is 23.1 Å². The van der Waals surface area contributed by atoms with Crippen LogP contribution in [0.25, 0.3) is 11.3 Å². The summed E-state index contributed by atoms with van der Waals surface area (Å²) in [5.74, 6) is 2.02. The van der Waals surface area contributed by atoms with Gasteiger partial charge in [-0.2, -0.15) is 5.26 Å². The Bertz CT molecular complexity index is 1160. The van der Waals surface area contributed by atoms with Gasteiger partial charge >= 0.3 is 8.25 Å². The number of nitrogens with one attached hydrogen (secondary N) is 1. The Labute approximate surface area is 214 Å². The van der Waals surface area contributed by atoms with Crippen LogP contribution in [0, 0.1) is 17.2 Å². The van der Waals surface area contributed by atoms with E-state index in [0.29, 0.717) is 32.0 Å². The summed E-state index contributed by atoms with van der Waals surface area (Å²) in [6, 6.07) is 18.3. The van der Waals surface area contributed by atoms with Crippen LogP contribution in [0.2, 0.25) is 0 Å². The summed E-state index contributed by atoms with van der Waals surface area (Å²) < 4.78 is 27.1. The largest absolute Gasteiger partial charge is 0.493 e. The number of nitriles is 1. The van der Waals surface area contributed by atoms with Crippen LogP contribution in [-0.4, -0.2) is 24.7 Å². The van der Waals surface area contributed by atoms with Gasteiger partial charge in [0.2, 0.25) is 0 Å². The molecule has 2 aromatic carbocycles. The van der Waals surface area contributed by atoms with Crippen molar-refractivity contribution in [1.29, 1.82) is 5.26 Å². The van der Waals surface area contributed by atoms with Gasteiger partial charge in [-0.05, 0) is 85.2 Å². The highest BCUT2D eigenvalue weighted by Crippen LogP contribution is 2.32. The quantitative estimate of drug-likeness (QED) is 0.194. The molecule has 0 aliphatic carbocycles. The monoisotopic (exact) mass is 510 g/mol. The van der Waals surface area contributed by atoms with Crippen LogP contribution in [0.4, 0.5) is 0 Å². The van der Waals surface area contributed by atoms with E-state index in [1.165, 1.54) is 0 Å². The van der Waals surface area contributed by atoms with Crippen molar-refractivity contribution in [2.75, 3.05) is 19.8 Å². The van der Waals surface area contributed by atoms with Gasteiger partial charge in [-0.15, -0.1) is 0 Å². The number of ether oxygens (including phenoxy) is 1. The summed E-state index contributed by atoms with van der Waals surface area (Å²) in [5.41, 5.74) is 5.00. The molecule has 1 aromatic heterocycles. The zero-order valence-electron chi connectivity index (χ0n) is 21.0. The van der Waals surface area contributed by atoms with E-state index in [-0.39, 0.29) is 6.61 Å². The molecular weight excluding hydrogens is 475 g/mol. The van der Waals surface area contributed by atoms with Crippen LogP contribution in [0.15, 0.2) is 59.2 Å². The van der Waals surface area contributed by atoms with Gasteiger partial charge in [0.1, 0.15) is 11.5 Å². The molecule has 2 N–H and O–H groups in total. The number of rotatable bonds is 15. The van der Waals surface area contributed by atoms with Gasteiger partial charge < -0.3 is 23.9 Å². The lowest BCUT2D eigenvalue weighted by Crippen LogP contribution is -2.16. The molecule has 0 aliphatic heterocycles. The van der Waals surface area contributed by atoms with Crippen LogP contribution in [0.5, 0.6) is 5.75 Å². The van der Waals surface area contributed by atoms with Gasteiger partial charge in [0, 0.05) is 6.54 Å². The Morgan fingerprint density at radius 1 is 1.11 bits per heavy atom. The van der Waals surface area contributed by atoms with Gasteiger partial charge in [-0.1, -0.05) is 32.0 Å². The van der Waals surface area contributed by atoms with Crippen LogP contribution in [0.1, 0.15) is 48.9 Å². The van der Waals surface area contributed by atoms with Crippen molar-refractivity contribution >= 4 is 8.25 Å².